The molecule has 2 aromatic heterocycles. The number of rotatable bonds is 3. The third-order valence-electron chi connectivity index (χ3n) is 3.46. The Labute approximate surface area is 122 Å². The average molecular weight is 281 g/mol. The zero-order chi connectivity index (χ0) is 14.1. The first-order valence-corrected chi connectivity index (χ1v) is 7.50. The van der Waals surface area contributed by atoms with Crippen LogP contribution in [0.15, 0.2) is 35.8 Å². The summed E-state index contributed by atoms with van der Waals surface area (Å²) in [5.74, 6) is 0.521. The molecule has 3 nitrogen and oxygen atoms in total. The second-order valence-electron chi connectivity index (χ2n) is 5.07. The van der Waals surface area contributed by atoms with Crippen molar-refractivity contribution in [3.8, 4) is 17.3 Å². The van der Waals surface area contributed by atoms with Crippen LogP contribution in [0.3, 0.4) is 0 Å². The van der Waals surface area contributed by atoms with Gasteiger partial charge in [-0.1, -0.05) is 38.1 Å². The number of fused-ring (bicyclic) bond motifs is 1. The lowest BCUT2D eigenvalue weighted by Crippen LogP contribution is -1.92. The van der Waals surface area contributed by atoms with Crippen molar-refractivity contribution in [2.24, 2.45) is 0 Å². The fraction of sp³-hybridized carbons (Fsp3) is 0.250. The van der Waals surface area contributed by atoms with Gasteiger partial charge >= 0.3 is 0 Å². The molecule has 0 bridgehead atoms. The highest BCUT2D eigenvalue weighted by Gasteiger charge is 2.14. The molecule has 3 rings (SSSR count). The summed E-state index contributed by atoms with van der Waals surface area (Å²) in [6, 6.07) is 10.7. The van der Waals surface area contributed by atoms with E-state index in [4.69, 9.17) is 5.26 Å². The van der Waals surface area contributed by atoms with Crippen LogP contribution >= 0.6 is 11.3 Å². The van der Waals surface area contributed by atoms with Crippen molar-refractivity contribution in [2.75, 3.05) is 0 Å². The molecular weight excluding hydrogens is 266 g/mol. The highest BCUT2D eigenvalue weighted by molar-refractivity contribution is 7.15. The quantitative estimate of drug-likeness (QED) is 0.720. The first-order valence-electron chi connectivity index (χ1n) is 6.62. The maximum atomic E-state index is 9.04. The Bertz CT molecular complexity index is 772. The number of thiazole rings is 1. The van der Waals surface area contributed by atoms with Gasteiger partial charge in [0.05, 0.1) is 23.9 Å². The van der Waals surface area contributed by atoms with Crippen LogP contribution in [0.4, 0.5) is 0 Å². The molecule has 0 spiro atoms. The fourth-order valence-corrected chi connectivity index (χ4v) is 3.07. The zero-order valence-electron chi connectivity index (χ0n) is 11.5. The molecule has 100 valence electrons. The van der Waals surface area contributed by atoms with Crippen molar-refractivity contribution in [3.63, 3.8) is 0 Å². The number of hydrogen-bond donors (Lipinski definition) is 0. The molecule has 0 unspecified atom stereocenters. The summed E-state index contributed by atoms with van der Waals surface area (Å²) in [7, 11) is 0. The van der Waals surface area contributed by atoms with E-state index in [2.05, 4.69) is 49.2 Å². The molecule has 0 N–H and O–H groups in total. The summed E-state index contributed by atoms with van der Waals surface area (Å²) in [5.41, 5.74) is 4.29. The van der Waals surface area contributed by atoms with Gasteiger partial charge in [0.15, 0.2) is 4.96 Å². The summed E-state index contributed by atoms with van der Waals surface area (Å²) in [4.78, 5) is 5.61. The number of imidazole rings is 1. The second-order valence-corrected chi connectivity index (χ2v) is 5.95. The molecule has 4 heteroatoms. The molecule has 0 amide bonds. The van der Waals surface area contributed by atoms with Gasteiger partial charge in [-0.2, -0.15) is 5.26 Å². The van der Waals surface area contributed by atoms with Crippen LogP contribution in [0.25, 0.3) is 16.2 Å². The third kappa shape index (κ3) is 2.10. The highest BCUT2D eigenvalue weighted by atomic mass is 32.1. The van der Waals surface area contributed by atoms with E-state index < -0.39 is 0 Å². The molecule has 3 aromatic rings. The van der Waals surface area contributed by atoms with Gasteiger partial charge in [-0.3, -0.25) is 4.40 Å². The number of hydrogen-bond acceptors (Lipinski definition) is 3. The number of aromatic nitrogens is 2. The Morgan fingerprint density at radius 2 is 2.05 bits per heavy atom. The smallest absolute Gasteiger partial charge is 0.194 e. The average Bonchev–Trinajstić information content (AvgIpc) is 3.02. The monoisotopic (exact) mass is 281 g/mol. The molecule has 20 heavy (non-hydrogen) atoms. The summed E-state index contributed by atoms with van der Waals surface area (Å²) in [6.45, 7) is 4.37. The van der Waals surface area contributed by atoms with Crippen LogP contribution in [0.2, 0.25) is 0 Å². The summed E-state index contributed by atoms with van der Waals surface area (Å²) in [5, 5.41) is 11.0. The molecular formula is C16H15N3S. The van der Waals surface area contributed by atoms with Crippen LogP contribution in [0, 0.1) is 11.3 Å². The van der Waals surface area contributed by atoms with Crippen LogP contribution in [-0.4, -0.2) is 9.38 Å². The standard InChI is InChI=1S/C16H15N3S/c1-11(2)12-3-5-13(6-4-12)15-14(7-8-17)19-9-10-20-16(19)18-15/h3-6,9-11H,7H2,1-2H3. The van der Waals surface area contributed by atoms with Crippen LogP contribution in [-0.2, 0) is 6.42 Å². The van der Waals surface area contributed by atoms with Crippen LogP contribution < -0.4 is 0 Å². The van der Waals surface area contributed by atoms with Gasteiger partial charge in [-0.25, -0.2) is 4.98 Å². The molecule has 0 saturated heterocycles. The van der Waals surface area contributed by atoms with Crippen LogP contribution in [0.5, 0.6) is 0 Å². The van der Waals surface area contributed by atoms with E-state index in [-0.39, 0.29) is 0 Å². The topological polar surface area (TPSA) is 41.1 Å². The van der Waals surface area contributed by atoms with Crippen molar-refractivity contribution < 1.29 is 0 Å². The Morgan fingerprint density at radius 1 is 1.30 bits per heavy atom. The molecule has 0 fully saturated rings. The number of nitrogens with zero attached hydrogens (tertiary/aromatic N) is 3. The summed E-state index contributed by atoms with van der Waals surface area (Å²) >= 11 is 1.59. The number of benzene rings is 1. The Balaban J connectivity index is 2.11. The first-order chi connectivity index (χ1) is 9.70. The van der Waals surface area contributed by atoms with E-state index >= 15 is 0 Å². The lowest BCUT2D eigenvalue weighted by molar-refractivity contribution is 0.867. The summed E-state index contributed by atoms with van der Waals surface area (Å²) in [6.07, 6.45) is 2.35. The minimum Gasteiger partial charge on any atom is -0.293 e. The first kappa shape index (κ1) is 12.9. The van der Waals surface area contributed by atoms with Crippen molar-refractivity contribution in [2.45, 2.75) is 26.2 Å². The van der Waals surface area contributed by atoms with Gasteiger partial charge in [-0.15, -0.1) is 11.3 Å². The molecule has 0 radical (unpaired) electrons. The zero-order valence-corrected chi connectivity index (χ0v) is 12.3. The molecule has 1 aromatic carbocycles. The van der Waals surface area contributed by atoms with Gasteiger partial charge < -0.3 is 0 Å². The maximum absolute atomic E-state index is 9.04. The lowest BCUT2D eigenvalue weighted by Gasteiger charge is -2.06. The fourth-order valence-electron chi connectivity index (χ4n) is 2.33. The van der Waals surface area contributed by atoms with E-state index in [0.717, 1.165) is 21.9 Å². The Hall–Kier alpha value is -2.12. The van der Waals surface area contributed by atoms with Gasteiger partial charge in [0, 0.05) is 17.1 Å². The van der Waals surface area contributed by atoms with E-state index in [0.29, 0.717) is 12.3 Å². The van der Waals surface area contributed by atoms with Crippen LogP contribution in [0.1, 0.15) is 31.0 Å². The third-order valence-corrected chi connectivity index (χ3v) is 4.21. The molecule has 2 heterocycles. The highest BCUT2D eigenvalue weighted by Crippen LogP contribution is 2.28. The molecule has 0 atom stereocenters. The van der Waals surface area contributed by atoms with E-state index in [9.17, 15) is 0 Å². The molecule has 0 saturated carbocycles. The van der Waals surface area contributed by atoms with Gasteiger partial charge in [-0.05, 0) is 11.5 Å². The van der Waals surface area contributed by atoms with Gasteiger partial charge in [0.1, 0.15) is 0 Å². The van der Waals surface area contributed by atoms with Gasteiger partial charge in [0.2, 0.25) is 0 Å². The SMILES string of the molecule is CC(C)c1ccc(-c2nc3sccn3c2CC#N)cc1. The van der Waals surface area contributed by atoms with E-state index in [1.54, 1.807) is 11.3 Å². The normalized spacial score (nSPS) is 11.1. The van der Waals surface area contributed by atoms with E-state index in [1.165, 1.54) is 5.56 Å². The molecule has 0 aliphatic heterocycles. The van der Waals surface area contributed by atoms with Crippen molar-refractivity contribution >= 4 is 16.3 Å². The lowest BCUT2D eigenvalue weighted by atomic mass is 10.00. The molecule has 0 aliphatic rings. The minimum absolute atomic E-state index is 0.374. The minimum atomic E-state index is 0.374. The number of nitriles is 1. The van der Waals surface area contributed by atoms with Gasteiger partial charge in [0.25, 0.3) is 0 Å². The maximum Gasteiger partial charge on any atom is 0.194 e. The van der Waals surface area contributed by atoms with Crippen molar-refractivity contribution in [3.05, 3.63) is 47.1 Å². The Kier molecular flexibility index (Phi) is 3.29. The van der Waals surface area contributed by atoms with Crippen molar-refractivity contribution in [1.29, 1.82) is 5.26 Å². The predicted molar refractivity (Wildman–Crippen MR) is 81.9 cm³/mol. The van der Waals surface area contributed by atoms with Crippen molar-refractivity contribution in [1.82, 2.24) is 9.38 Å². The second kappa shape index (κ2) is 5.10. The van der Waals surface area contributed by atoms with E-state index in [1.807, 2.05) is 16.0 Å². The summed E-state index contributed by atoms with van der Waals surface area (Å²) < 4.78 is 2.01. The Morgan fingerprint density at radius 3 is 2.70 bits per heavy atom. The predicted octanol–water partition coefficient (Wildman–Crippen LogP) is 4.25. The molecule has 0 aliphatic carbocycles. The largest absolute Gasteiger partial charge is 0.293 e.